The van der Waals surface area contributed by atoms with Crippen molar-refractivity contribution < 1.29 is 28.1 Å². The van der Waals surface area contributed by atoms with Crippen LogP contribution >= 0.6 is 23.2 Å². The average Bonchev–Trinajstić information content (AvgIpc) is 3.52. The van der Waals surface area contributed by atoms with Gasteiger partial charge in [0.2, 0.25) is 0 Å². The molecule has 1 aromatic heterocycles. The monoisotopic (exact) mass is 641 g/mol. The van der Waals surface area contributed by atoms with Crippen LogP contribution in [-0.4, -0.2) is 68.9 Å². The van der Waals surface area contributed by atoms with Crippen LogP contribution in [0.5, 0.6) is 0 Å². The Morgan fingerprint density at radius 2 is 1.98 bits per heavy atom. The Labute approximate surface area is 260 Å². The molecule has 3 N–H and O–H groups in total. The molecule has 0 saturated heterocycles. The van der Waals surface area contributed by atoms with E-state index in [-0.39, 0.29) is 22.9 Å². The van der Waals surface area contributed by atoms with Crippen LogP contribution in [-0.2, 0) is 20.4 Å². The topological polar surface area (TPSA) is 129 Å². The summed E-state index contributed by atoms with van der Waals surface area (Å²) >= 11 is 13.5. The maximum atomic E-state index is 13.5. The first-order chi connectivity index (χ1) is 20.6. The number of furan rings is 1. The second kappa shape index (κ2) is 11.6. The maximum Gasteiger partial charge on any atom is 0.330 e. The van der Waals surface area contributed by atoms with Gasteiger partial charge in [0.25, 0.3) is 11.8 Å². The fourth-order valence-corrected chi connectivity index (χ4v) is 7.46. The number of halogens is 2. The van der Waals surface area contributed by atoms with Gasteiger partial charge in [-0.25, -0.2) is 4.79 Å². The van der Waals surface area contributed by atoms with Gasteiger partial charge in [-0.05, 0) is 66.3 Å². The summed E-state index contributed by atoms with van der Waals surface area (Å²) in [5, 5.41) is 16.2. The quantitative estimate of drug-likeness (QED) is 0.309. The zero-order valence-corrected chi connectivity index (χ0v) is 25.5. The summed E-state index contributed by atoms with van der Waals surface area (Å²) in [6.07, 6.45) is 4.27. The predicted molar refractivity (Wildman–Crippen MR) is 164 cm³/mol. The number of alkyl halides is 1. The number of fused-ring (bicyclic) bond motifs is 1. The summed E-state index contributed by atoms with van der Waals surface area (Å²) in [6, 6.07) is 14.1. The van der Waals surface area contributed by atoms with E-state index in [9.17, 15) is 23.7 Å². The van der Waals surface area contributed by atoms with E-state index in [2.05, 4.69) is 15.5 Å². The van der Waals surface area contributed by atoms with Gasteiger partial charge in [0.15, 0.2) is 0 Å². The van der Waals surface area contributed by atoms with Crippen molar-refractivity contribution in [3.05, 3.63) is 87.7 Å². The first-order valence-corrected chi connectivity index (χ1v) is 16.2. The van der Waals surface area contributed by atoms with Crippen molar-refractivity contribution in [2.75, 3.05) is 26.0 Å². The lowest BCUT2D eigenvalue weighted by Crippen LogP contribution is -2.47. The van der Waals surface area contributed by atoms with Gasteiger partial charge in [-0.1, -0.05) is 29.8 Å². The van der Waals surface area contributed by atoms with Crippen LogP contribution in [0.3, 0.4) is 0 Å². The lowest BCUT2D eigenvalue weighted by Gasteiger charge is -2.35. The van der Waals surface area contributed by atoms with E-state index in [1.165, 1.54) is 0 Å². The van der Waals surface area contributed by atoms with Crippen LogP contribution in [0, 0.1) is 0 Å². The molecule has 2 aliphatic carbocycles. The van der Waals surface area contributed by atoms with E-state index >= 15 is 0 Å². The molecule has 12 heteroatoms. The highest BCUT2D eigenvalue weighted by molar-refractivity contribution is 7.84. The summed E-state index contributed by atoms with van der Waals surface area (Å²) in [4.78, 5) is 41.3. The molecule has 1 fully saturated rings. The molecule has 43 heavy (non-hydrogen) atoms. The van der Waals surface area contributed by atoms with Crippen molar-refractivity contribution in [3.63, 3.8) is 0 Å². The lowest BCUT2D eigenvalue weighted by molar-refractivity contribution is -0.142. The number of hydrogen-bond acceptors (Lipinski definition) is 6. The first-order valence-electron chi connectivity index (χ1n) is 13.8. The standard InChI is InChI=1S/C31H29Cl2N3O6S/c1-43(41)21-4-2-3-18(11-21)23-14-31(23,30(39)40)35-29(38)26-24(32)12-20-15-36(9-7-22(20)27(26)33)16-34-28(37)19-6-5-17-8-10-42-25(17)13-19/h2-6,8,10-11,13,23-24H,7,9,12,14-16H2,1H3,(H,34,37)(H,35,38)(H,39,40)/t23?,24?,31?,43-/m0/s1. The largest absolute Gasteiger partial charge is 0.479 e. The Bertz CT molecular complexity index is 1750. The summed E-state index contributed by atoms with van der Waals surface area (Å²) in [5.74, 6) is -2.43. The fourth-order valence-electron chi connectivity index (χ4n) is 5.99. The van der Waals surface area contributed by atoms with Crippen molar-refractivity contribution in [2.24, 2.45) is 0 Å². The fraction of sp³-hybridized carbons (Fsp3) is 0.323. The average molecular weight is 643 g/mol. The molecule has 2 heterocycles. The molecule has 3 aliphatic rings. The molecule has 2 amide bonds. The highest BCUT2D eigenvalue weighted by Crippen LogP contribution is 2.52. The number of carboxylic acid groups (broad SMARTS) is 1. The molecule has 0 radical (unpaired) electrons. The lowest BCUT2D eigenvalue weighted by atomic mass is 9.87. The smallest absolute Gasteiger partial charge is 0.330 e. The minimum absolute atomic E-state index is 0.173. The normalized spacial score (nSPS) is 24.4. The molecule has 9 nitrogen and oxygen atoms in total. The highest BCUT2D eigenvalue weighted by atomic mass is 35.5. The summed E-state index contributed by atoms with van der Waals surface area (Å²) in [7, 11) is -1.22. The zero-order chi connectivity index (χ0) is 30.5. The minimum Gasteiger partial charge on any atom is -0.479 e. The third-order valence-corrected chi connectivity index (χ3v) is 10.2. The van der Waals surface area contributed by atoms with Crippen LogP contribution in [0.15, 0.2) is 85.9 Å². The molecular weight excluding hydrogens is 613 g/mol. The molecule has 1 aliphatic heterocycles. The van der Waals surface area contributed by atoms with Gasteiger partial charge in [0.1, 0.15) is 11.1 Å². The van der Waals surface area contributed by atoms with E-state index in [1.54, 1.807) is 48.9 Å². The zero-order valence-electron chi connectivity index (χ0n) is 23.2. The van der Waals surface area contributed by atoms with Gasteiger partial charge in [-0.2, -0.15) is 0 Å². The van der Waals surface area contributed by atoms with Gasteiger partial charge in [-0.15, -0.1) is 11.6 Å². The summed E-state index contributed by atoms with van der Waals surface area (Å²) in [6.45, 7) is 1.45. The maximum absolute atomic E-state index is 13.5. The number of amides is 2. The number of aliphatic carboxylic acids is 1. The highest BCUT2D eigenvalue weighted by Gasteiger charge is 2.62. The number of hydrogen-bond donors (Lipinski definition) is 3. The van der Waals surface area contributed by atoms with E-state index in [4.69, 9.17) is 27.6 Å². The van der Waals surface area contributed by atoms with Crippen LogP contribution in [0.4, 0.5) is 0 Å². The molecule has 2 aromatic carbocycles. The Balaban J connectivity index is 1.13. The molecular formula is C31H29Cl2N3O6S. The number of carbonyl (C=O) groups excluding carboxylic acids is 2. The molecule has 4 atom stereocenters. The summed E-state index contributed by atoms with van der Waals surface area (Å²) < 4.78 is 17.3. The number of benzene rings is 2. The van der Waals surface area contributed by atoms with Gasteiger partial charge in [0, 0.05) is 51.9 Å². The Hall–Kier alpha value is -3.44. The van der Waals surface area contributed by atoms with Gasteiger partial charge < -0.3 is 20.2 Å². The van der Waals surface area contributed by atoms with Crippen molar-refractivity contribution in [1.82, 2.24) is 15.5 Å². The van der Waals surface area contributed by atoms with Crippen LogP contribution in [0.1, 0.15) is 41.1 Å². The minimum atomic E-state index is -1.50. The number of allylic oxidation sites excluding steroid dienone is 1. The Kier molecular flexibility index (Phi) is 7.97. The van der Waals surface area contributed by atoms with Crippen molar-refractivity contribution >= 4 is 62.8 Å². The predicted octanol–water partition coefficient (Wildman–Crippen LogP) is 4.49. The summed E-state index contributed by atoms with van der Waals surface area (Å²) in [5.41, 5.74) is 2.35. The van der Waals surface area contributed by atoms with E-state index < -0.39 is 39.5 Å². The number of carboxylic acids is 1. The molecule has 3 unspecified atom stereocenters. The van der Waals surface area contributed by atoms with Crippen LogP contribution < -0.4 is 10.6 Å². The van der Waals surface area contributed by atoms with Gasteiger partial charge in [0.05, 0.1) is 28.9 Å². The second-order valence-corrected chi connectivity index (χ2v) is 13.4. The molecule has 6 rings (SSSR count). The van der Waals surface area contributed by atoms with Crippen molar-refractivity contribution in [1.29, 1.82) is 0 Å². The number of rotatable bonds is 8. The van der Waals surface area contributed by atoms with Crippen LogP contribution in [0.25, 0.3) is 11.0 Å². The Morgan fingerprint density at radius 3 is 2.74 bits per heavy atom. The van der Waals surface area contributed by atoms with Gasteiger partial charge >= 0.3 is 5.97 Å². The van der Waals surface area contributed by atoms with E-state index in [1.807, 2.05) is 12.1 Å². The first kappa shape index (κ1) is 29.6. The van der Waals surface area contributed by atoms with Crippen LogP contribution in [0.2, 0.25) is 0 Å². The van der Waals surface area contributed by atoms with E-state index in [0.29, 0.717) is 54.2 Å². The van der Waals surface area contributed by atoms with Crippen molar-refractivity contribution in [2.45, 2.75) is 41.0 Å². The number of nitrogens with one attached hydrogen (secondary N) is 2. The molecule has 0 spiro atoms. The van der Waals surface area contributed by atoms with Crippen molar-refractivity contribution in [3.8, 4) is 0 Å². The second-order valence-electron chi connectivity index (χ2n) is 11.1. The Morgan fingerprint density at radius 1 is 1.16 bits per heavy atom. The molecule has 3 aromatic rings. The third-order valence-electron chi connectivity index (χ3n) is 8.46. The number of nitrogens with zero attached hydrogens (tertiary/aromatic N) is 1. The third kappa shape index (κ3) is 5.64. The number of carbonyl (C=O) groups is 3. The molecule has 0 bridgehead atoms. The van der Waals surface area contributed by atoms with Gasteiger partial charge in [-0.3, -0.25) is 18.7 Å². The molecule has 1 saturated carbocycles. The molecule has 224 valence electrons. The van der Waals surface area contributed by atoms with E-state index in [0.717, 1.165) is 16.5 Å². The SMILES string of the molecule is C[S@](=O)c1cccc(C2CC2(NC(=O)C2=C(Cl)C3=C(CC2Cl)CN(CNC(=O)c2ccc4ccoc4c2)CC3)C(=O)O)c1.